The molecule has 0 saturated heterocycles. The van der Waals surface area contributed by atoms with Crippen molar-refractivity contribution in [3.63, 3.8) is 0 Å². The van der Waals surface area contributed by atoms with Gasteiger partial charge in [-0.15, -0.1) is 0 Å². The molecule has 2 aromatic heterocycles. The SMILES string of the molecule is CCC(C)(C)C1CCc2nc3ccc(C)cn3c2C1. The highest BCUT2D eigenvalue weighted by Crippen LogP contribution is 2.39. The van der Waals surface area contributed by atoms with E-state index >= 15 is 0 Å². The van der Waals surface area contributed by atoms with E-state index in [2.05, 4.69) is 50.4 Å². The first-order valence-electron chi connectivity index (χ1n) is 7.47. The van der Waals surface area contributed by atoms with Crippen LogP contribution in [0.5, 0.6) is 0 Å². The molecule has 1 atom stereocenters. The molecule has 2 heterocycles. The Balaban J connectivity index is 2.04. The summed E-state index contributed by atoms with van der Waals surface area (Å²) in [5.74, 6) is 0.783. The molecule has 1 aliphatic rings. The van der Waals surface area contributed by atoms with Crippen LogP contribution < -0.4 is 0 Å². The van der Waals surface area contributed by atoms with E-state index < -0.39 is 0 Å². The van der Waals surface area contributed by atoms with Gasteiger partial charge < -0.3 is 4.40 Å². The maximum atomic E-state index is 4.80. The second-order valence-electron chi connectivity index (χ2n) is 6.72. The molecule has 0 aliphatic heterocycles. The fraction of sp³-hybridized carbons (Fsp3) is 0.588. The second kappa shape index (κ2) is 4.36. The predicted octanol–water partition coefficient (Wildman–Crippen LogP) is 4.18. The van der Waals surface area contributed by atoms with E-state index in [1.807, 2.05) is 0 Å². The van der Waals surface area contributed by atoms with Crippen LogP contribution in [-0.2, 0) is 12.8 Å². The number of imidazole rings is 1. The molecule has 0 fully saturated rings. The van der Waals surface area contributed by atoms with E-state index in [0.29, 0.717) is 5.41 Å². The van der Waals surface area contributed by atoms with Crippen molar-refractivity contribution >= 4 is 5.65 Å². The van der Waals surface area contributed by atoms with Gasteiger partial charge in [0.25, 0.3) is 0 Å². The number of nitrogens with zero attached hydrogens (tertiary/aromatic N) is 2. The number of fused-ring (bicyclic) bond motifs is 3. The molecule has 1 unspecified atom stereocenters. The summed E-state index contributed by atoms with van der Waals surface area (Å²) < 4.78 is 2.32. The van der Waals surface area contributed by atoms with Crippen LogP contribution in [0, 0.1) is 18.3 Å². The number of hydrogen-bond donors (Lipinski definition) is 0. The van der Waals surface area contributed by atoms with E-state index in [1.54, 1.807) is 0 Å². The summed E-state index contributed by atoms with van der Waals surface area (Å²) in [6.07, 6.45) is 7.10. The second-order valence-corrected chi connectivity index (χ2v) is 6.72. The Kier molecular flexibility index (Phi) is 2.92. The van der Waals surface area contributed by atoms with Gasteiger partial charge in [-0.3, -0.25) is 0 Å². The van der Waals surface area contributed by atoms with E-state index in [1.165, 1.54) is 36.2 Å². The quantitative estimate of drug-likeness (QED) is 0.787. The van der Waals surface area contributed by atoms with Crippen molar-refractivity contribution in [2.45, 2.75) is 53.4 Å². The summed E-state index contributed by atoms with van der Waals surface area (Å²) in [4.78, 5) is 4.80. The highest BCUT2D eigenvalue weighted by Gasteiger charge is 2.32. The number of pyridine rings is 1. The lowest BCUT2D eigenvalue weighted by molar-refractivity contribution is 0.180. The lowest BCUT2D eigenvalue weighted by atomic mass is 9.70. The van der Waals surface area contributed by atoms with Crippen molar-refractivity contribution in [2.24, 2.45) is 11.3 Å². The Labute approximate surface area is 115 Å². The normalized spacial score (nSPS) is 19.7. The number of aromatic nitrogens is 2. The van der Waals surface area contributed by atoms with Crippen molar-refractivity contribution in [3.05, 3.63) is 35.3 Å². The van der Waals surface area contributed by atoms with Gasteiger partial charge in [0.15, 0.2) is 0 Å². The van der Waals surface area contributed by atoms with Gasteiger partial charge in [-0.25, -0.2) is 4.98 Å². The van der Waals surface area contributed by atoms with Crippen molar-refractivity contribution in [3.8, 4) is 0 Å². The van der Waals surface area contributed by atoms with Crippen LogP contribution in [0.2, 0.25) is 0 Å². The first kappa shape index (κ1) is 12.7. The zero-order valence-electron chi connectivity index (χ0n) is 12.5. The minimum absolute atomic E-state index is 0.436. The summed E-state index contributed by atoms with van der Waals surface area (Å²) >= 11 is 0. The molecule has 0 N–H and O–H groups in total. The summed E-state index contributed by atoms with van der Waals surface area (Å²) in [5.41, 5.74) is 5.64. The fourth-order valence-electron chi connectivity index (χ4n) is 3.27. The van der Waals surface area contributed by atoms with Crippen molar-refractivity contribution in [2.75, 3.05) is 0 Å². The number of aryl methyl sites for hydroxylation is 2. The smallest absolute Gasteiger partial charge is 0.137 e. The molecule has 2 heteroatoms. The van der Waals surface area contributed by atoms with Gasteiger partial charge in [-0.05, 0) is 49.1 Å². The monoisotopic (exact) mass is 256 g/mol. The van der Waals surface area contributed by atoms with E-state index in [-0.39, 0.29) is 0 Å². The third kappa shape index (κ3) is 2.07. The average molecular weight is 256 g/mol. The van der Waals surface area contributed by atoms with Gasteiger partial charge in [0.2, 0.25) is 0 Å². The molecule has 0 amide bonds. The van der Waals surface area contributed by atoms with Crippen LogP contribution in [0.1, 0.15) is 50.6 Å². The van der Waals surface area contributed by atoms with Gasteiger partial charge in [-0.2, -0.15) is 0 Å². The van der Waals surface area contributed by atoms with Crippen LogP contribution in [0.25, 0.3) is 5.65 Å². The lowest BCUT2D eigenvalue weighted by Crippen LogP contribution is -2.29. The molecule has 0 spiro atoms. The Morgan fingerprint density at radius 3 is 2.89 bits per heavy atom. The molecular weight excluding hydrogens is 232 g/mol. The summed E-state index contributed by atoms with van der Waals surface area (Å²) in [6, 6.07) is 4.30. The third-order valence-corrected chi connectivity index (χ3v) is 5.13. The topological polar surface area (TPSA) is 17.3 Å². The van der Waals surface area contributed by atoms with Crippen LogP contribution in [0.4, 0.5) is 0 Å². The number of rotatable bonds is 2. The molecule has 0 bridgehead atoms. The van der Waals surface area contributed by atoms with E-state index in [4.69, 9.17) is 4.98 Å². The first-order chi connectivity index (χ1) is 9.01. The maximum Gasteiger partial charge on any atom is 0.137 e. The molecular formula is C17H24N2. The minimum atomic E-state index is 0.436. The zero-order chi connectivity index (χ0) is 13.6. The van der Waals surface area contributed by atoms with Gasteiger partial charge in [0.05, 0.1) is 5.69 Å². The van der Waals surface area contributed by atoms with Gasteiger partial charge in [0, 0.05) is 11.9 Å². The molecule has 1 aliphatic carbocycles. The van der Waals surface area contributed by atoms with Crippen LogP contribution >= 0.6 is 0 Å². The molecule has 2 aromatic rings. The summed E-state index contributed by atoms with van der Waals surface area (Å²) in [5, 5.41) is 0. The Morgan fingerprint density at radius 2 is 2.16 bits per heavy atom. The lowest BCUT2D eigenvalue weighted by Gasteiger charge is -2.36. The molecule has 0 aromatic carbocycles. The first-order valence-corrected chi connectivity index (χ1v) is 7.47. The van der Waals surface area contributed by atoms with E-state index in [9.17, 15) is 0 Å². The molecule has 0 saturated carbocycles. The Hall–Kier alpha value is -1.31. The van der Waals surface area contributed by atoms with Crippen molar-refractivity contribution in [1.29, 1.82) is 0 Å². The van der Waals surface area contributed by atoms with Crippen LogP contribution in [0.3, 0.4) is 0 Å². The molecule has 19 heavy (non-hydrogen) atoms. The largest absolute Gasteiger partial charge is 0.304 e. The molecule has 2 nitrogen and oxygen atoms in total. The standard InChI is InChI=1S/C17H24N2/c1-5-17(3,4)13-7-8-14-15(10-13)19-11-12(2)6-9-16(19)18-14/h6,9,11,13H,5,7-8,10H2,1-4H3. The maximum absolute atomic E-state index is 4.80. The average Bonchev–Trinajstić information content (AvgIpc) is 2.76. The highest BCUT2D eigenvalue weighted by molar-refractivity contribution is 5.45. The molecule has 0 radical (unpaired) electrons. The summed E-state index contributed by atoms with van der Waals surface area (Å²) in [6.45, 7) is 9.30. The Morgan fingerprint density at radius 1 is 1.37 bits per heavy atom. The predicted molar refractivity (Wildman–Crippen MR) is 79.5 cm³/mol. The van der Waals surface area contributed by atoms with Gasteiger partial charge >= 0.3 is 0 Å². The van der Waals surface area contributed by atoms with Crippen LogP contribution in [0.15, 0.2) is 18.3 Å². The van der Waals surface area contributed by atoms with Gasteiger partial charge in [-0.1, -0.05) is 33.3 Å². The number of hydrogen-bond acceptors (Lipinski definition) is 1. The van der Waals surface area contributed by atoms with E-state index in [0.717, 1.165) is 18.0 Å². The van der Waals surface area contributed by atoms with Crippen molar-refractivity contribution < 1.29 is 0 Å². The van der Waals surface area contributed by atoms with Crippen molar-refractivity contribution in [1.82, 2.24) is 9.38 Å². The zero-order valence-corrected chi connectivity index (χ0v) is 12.5. The summed E-state index contributed by atoms with van der Waals surface area (Å²) in [7, 11) is 0. The fourth-order valence-corrected chi connectivity index (χ4v) is 3.27. The third-order valence-electron chi connectivity index (χ3n) is 5.13. The molecule has 102 valence electrons. The van der Waals surface area contributed by atoms with Gasteiger partial charge in [0.1, 0.15) is 5.65 Å². The highest BCUT2D eigenvalue weighted by atomic mass is 15.0. The Bertz CT molecular complexity index is 607. The van der Waals surface area contributed by atoms with Crippen LogP contribution in [-0.4, -0.2) is 9.38 Å². The minimum Gasteiger partial charge on any atom is -0.304 e. The molecule has 3 rings (SSSR count).